The lowest BCUT2D eigenvalue weighted by Gasteiger charge is -1.87. The molecule has 0 unspecified atom stereocenters. The predicted molar refractivity (Wildman–Crippen MR) is 43.9 cm³/mol. The highest BCUT2D eigenvalue weighted by atomic mass is 16.3. The molecule has 0 fully saturated rings. The number of hydrogen-bond acceptors (Lipinski definition) is 2. The molecule has 2 nitrogen and oxygen atoms in total. The Morgan fingerprint density at radius 3 is 2.36 bits per heavy atom. The van der Waals surface area contributed by atoms with Crippen LogP contribution in [0.1, 0.15) is 11.1 Å². The highest BCUT2D eigenvalue weighted by Gasteiger charge is 1.99. The fourth-order valence-corrected chi connectivity index (χ4v) is 0.857. The van der Waals surface area contributed by atoms with E-state index in [1.165, 1.54) is 0 Å². The van der Waals surface area contributed by atoms with Crippen LogP contribution in [0.25, 0.3) is 0 Å². The van der Waals surface area contributed by atoms with Crippen LogP contribution in [0.2, 0.25) is 0 Å². The fraction of sp³-hybridized carbons (Fsp3) is 0.222. The maximum Gasteiger partial charge on any atom is 0.223 e. The van der Waals surface area contributed by atoms with Crippen LogP contribution in [0, 0.1) is 13.8 Å². The van der Waals surface area contributed by atoms with Crippen molar-refractivity contribution in [2.75, 3.05) is 0 Å². The van der Waals surface area contributed by atoms with Crippen molar-refractivity contribution >= 4 is 0 Å². The first kappa shape index (κ1) is 7.79. The van der Waals surface area contributed by atoms with Crippen molar-refractivity contribution < 1.29 is 5.11 Å². The van der Waals surface area contributed by atoms with Gasteiger partial charge in [0.1, 0.15) is 0 Å². The second-order valence-corrected chi connectivity index (χ2v) is 2.57. The van der Waals surface area contributed by atoms with Crippen molar-refractivity contribution in [2.24, 2.45) is 0 Å². The Balaban J connectivity index is 3.62. The molecule has 0 aliphatic heterocycles. The van der Waals surface area contributed by atoms with Crippen molar-refractivity contribution in [3.05, 3.63) is 39.5 Å². The lowest BCUT2D eigenvalue weighted by atomic mass is 10.2. The van der Waals surface area contributed by atoms with E-state index in [0.29, 0.717) is 11.1 Å². The Kier molecular flexibility index (Phi) is 1.94. The van der Waals surface area contributed by atoms with Gasteiger partial charge in [0.05, 0.1) is 0 Å². The zero-order chi connectivity index (χ0) is 8.43. The van der Waals surface area contributed by atoms with Gasteiger partial charge >= 0.3 is 0 Å². The first-order valence-electron chi connectivity index (χ1n) is 3.42. The molecule has 1 rings (SSSR count). The summed E-state index contributed by atoms with van der Waals surface area (Å²) in [5.74, 6) is -0.146. The van der Waals surface area contributed by atoms with E-state index in [4.69, 9.17) is 0 Å². The smallest absolute Gasteiger partial charge is 0.223 e. The van der Waals surface area contributed by atoms with Gasteiger partial charge in [0, 0.05) is 5.56 Å². The zero-order valence-electron chi connectivity index (χ0n) is 6.59. The topological polar surface area (TPSA) is 37.3 Å². The summed E-state index contributed by atoms with van der Waals surface area (Å²) in [7, 11) is 0. The summed E-state index contributed by atoms with van der Waals surface area (Å²) < 4.78 is 0. The highest BCUT2D eigenvalue weighted by Crippen LogP contribution is 2.07. The Morgan fingerprint density at radius 2 is 1.73 bits per heavy atom. The first-order valence-corrected chi connectivity index (χ1v) is 3.42. The molecule has 0 heterocycles. The Hall–Kier alpha value is -1.31. The molecule has 58 valence electrons. The SMILES string of the molecule is Cc1cccc(C)c(=O)c1O. The van der Waals surface area contributed by atoms with Gasteiger partial charge in [0.25, 0.3) is 0 Å². The van der Waals surface area contributed by atoms with E-state index >= 15 is 0 Å². The van der Waals surface area contributed by atoms with Gasteiger partial charge in [-0.1, -0.05) is 18.2 Å². The van der Waals surface area contributed by atoms with E-state index < -0.39 is 0 Å². The van der Waals surface area contributed by atoms with Gasteiger partial charge in [0.15, 0.2) is 5.75 Å². The van der Waals surface area contributed by atoms with Crippen LogP contribution >= 0.6 is 0 Å². The van der Waals surface area contributed by atoms with Crippen LogP contribution in [0.5, 0.6) is 5.75 Å². The second-order valence-electron chi connectivity index (χ2n) is 2.57. The molecule has 0 aliphatic rings. The third kappa shape index (κ3) is 1.40. The van der Waals surface area contributed by atoms with E-state index in [2.05, 4.69) is 0 Å². The van der Waals surface area contributed by atoms with E-state index in [1.54, 1.807) is 32.0 Å². The molecule has 1 N–H and O–H groups in total. The third-order valence-corrected chi connectivity index (χ3v) is 1.64. The van der Waals surface area contributed by atoms with Crippen LogP contribution < -0.4 is 5.43 Å². The first-order chi connectivity index (χ1) is 5.13. The molecule has 0 atom stereocenters. The van der Waals surface area contributed by atoms with Gasteiger partial charge in [-0.3, -0.25) is 4.79 Å². The minimum atomic E-state index is -0.285. The monoisotopic (exact) mass is 150 g/mol. The normalized spacial score (nSPS) is 9.64. The molecule has 0 spiro atoms. The lowest BCUT2D eigenvalue weighted by molar-refractivity contribution is 0.466. The van der Waals surface area contributed by atoms with Gasteiger partial charge in [-0.2, -0.15) is 0 Å². The average Bonchev–Trinajstić information content (AvgIpc) is 2.07. The van der Waals surface area contributed by atoms with Crippen LogP contribution in [-0.4, -0.2) is 5.11 Å². The maximum absolute atomic E-state index is 11.1. The standard InChI is InChI=1S/C9H10O2/c1-6-4-3-5-7(2)9(11)8(6)10/h3-5H,1-2H3,(H,10,11). The third-order valence-electron chi connectivity index (χ3n) is 1.64. The van der Waals surface area contributed by atoms with Gasteiger partial charge in [-0.15, -0.1) is 0 Å². The van der Waals surface area contributed by atoms with Gasteiger partial charge in [-0.05, 0) is 19.4 Å². The molecule has 0 saturated carbocycles. The minimum absolute atomic E-state index is 0.146. The molecular weight excluding hydrogens is 140 g/mol. The number of aromatic hydroxyl groups is 1. The lowest BCUT2D eigenvalue weighted by Crippen LogP contribution is -2.00. The van der Waals surface area contributed by atoms with Crippen LogP contribution in [0.4, 0.5) is 0 Å². The van der Waals surface area contributed by atoms with Crippen molar-refractivity contribution in [3.63, 3.8) is 0 Å². The van der Waals surface area contributed by atoms with Crippen molar-refractivity contribution in [1.82, 2.24) is 0 Å². The molecule has 0 saturated heterocycles. The molecule has 0 aromatic heterocycles. The summed E-state index contributed by atoms with van der Waals surface area (Å²) in [6.07, 6.45) is 0. The van der Waals surface area contributed by atoms with Crippen molar-refractivity contribution in [1.29, 1.82) is 0 Å². The number of rotatable bonds is 0. The zero-order valence-corrected chi connectivity index (χ0v) is 6.59. The summed E-state index contributed by atoms with van der Waals surface area (Å²) >= 11 is 0. The summed E-state index contributed by atoms with van der Waals surface area (Å²) in [4.78, 5) is 11.1. The molecule has 0 amide bonds. The Bertz CT molecular complexity index is 329. The molecule has 1 aromatic rings. The minimum Gasteiger partial charge on any atom is -0.504 e. The van der Waals surface area contributed by atoms with E-state index in [9.17, 15) is 9.90 Å². The van der Waals surface area contributed by atoms with Crippen LogP contribution in [-0.2, 0) is 0 Å². The van der Waals surface area contributed by atoms with Crippen molar-refractivity contribution in [3.8, 4) is 5.75 Å². The fourth-order valence-electron chi connectivity index (χ4n) is 0.857. The van der Waals surface area contributed by atoms with Crippen molar-refractivity contribution in [2.45, 2.75) is 13.8 Å². The molecule has 0 radical (unpaired) electrons. The van der Waals surface area contributed by atoms with Gasteiger partial charge in [-0.25, -0.2) is 0 Å². The Labute approximate surface area is 65.1 Å². The molecule has 0 bridgehead atoms. The van der Waals surface area contributed by atoms with Crippen LogP contribution in [0.3, 0.4) is 0 Å². The quantitative estimate of drug-likeness (QED) is 0.606. The summed E-state index contributed by atoms with van der Waals surface area (Å²) in [5, 5.41) is 9.23. The molecule has 0 aliphatic carbocycles. The second kappa shape index (κ2) is 2.74. The molecule has 2 heteroatoms. The maximum atomic E-state index is 11.1. The van der Waals surface area contributed by atoms with E-state index in [1.807, 2.05) is 0 Å². The average molecular weight is 150 g/mol. The Morgan fingerprint density at radius 1 is 1.18 bits per heavy atom. The molecule has 1 aromatic carbocycles. The predicted octanol–water partition coefficient (Wildman–Crippen LogP) is 1.37. The highest BCUT2D eigenvalue weighted by molar-refractivity contribution is 5.32. The summed E-state index contributed by atoms with van der Waals surface area (Å²) in [6.45, 7) is 3.39. The van der Waals surface area contributed by atoms with Gasteiger partial charge in [0.2, 0.25) is 5.43 Å². The largest absolute Gasteiger partial charge is 0.504 e. The van der Waals surface area contributed by atoms with Crippen LogP contribution in [0.15, 0.2) is 23.0 Å². The van der Waals surface area contributed by atoms with E-state index in [-0.39, 0.29) is 11.2 Å². The summed E-state index contributed by atoms with van der Waals surface area (Å²) in [5.41, 5.74) is 0.895. The number of aryl methyl sites for hydroxylation is 2. The summed E-state index contributed by atoms with van der Waals surface area (Å²) in [6, 6.07) is 5.16. The molecular formula is C9H10O2. The molecule has 11 heavy (non-hydrogen) atoms. The number of hydrogen-bond donors (Lipinski definition) is 1. The van der Waals surface area contributed by atoms with Gasteiger partial charge < -0.3 is 5.11 Å². The van der Waals surface area contributed by atoms with E-state index in [0.717, 1.165) is 0 Å².